The zero-order chi connectivity index (χ0) is 25.7. The minimum atomic E-state index is -0.658. The molecule has 5 N–H and O–H groups in total. The van der Waals surface area contributed by atoms with Crippen LogP contribution in [0.1, 0.15) is 66.2 Å². The van der Waals surface area contributed by atoms with Crippen LogP contribution in [0.5, 0.6) is 0 Å². The van der Waals surface area contributed by atoms with E-state index < -0.39 is 11.7 Å². The number of halogens is 2. The molecule has 1 aliphatic rings. The number of amides is 1. The van der Waals surface area contributed by atoms with Gasteiger partial charge in [0.25, 0.3) is 5.91 Å². The molecule has 1 atom stereocenters. The molecule has 0 saturated heterocycles. The molecule has 0 unspecified atom stereocenters. The van der Waals surface area contributed by atoms with E-state index in [0.29, 0.717) is 17.8 Å². The predicted molar refractivity (Wildman–Crippen MR) is 142 cm³/mol. The predicted octanol–water partition coefficient (Wildman–Crippen LogP) is 4.73. The Morgan fingerprint density at radius 2 is 2.00 bits per heavy atom. The minimum Gasteiger partial charge on any atom is -0.393 e. The van der Waals surface area contributed by atoms with Crippen molar-refractivity contribution in [1.82, 2.24) is 20.6 Å². The molecule has 1 aromatic heterocycles. The Morgan fingerprint density at radius 3 is 2.69 bits per heavy atom. The Balaban J connectivity index is 1.55. The van der Waals surface area contributed by atoms with Gasteiger partial charge in [0.1, 0.15) is 17.3 Å². The summed E-state index contributed by atoms with van der Waals surface area (Å²) in [6, 6.07) is 11.7. The SMILES string of the molecule is CCNC[C@@H](NC(=O)c1ccc(-c2nc([C@H]3CC[C@H](O)CC3)cnc2N)cc1F)c1cccc(Br)c1. The van der Waals surface area contributed by atoms with E-state index in [9.17, 15) is 9.90 Å². The summed E-state index contributed by atoms with van der Waals surface area (Å²) in [5.41, 5.74) is 8.57. The third-order valence-corrected chi connectivity index (χ3v) is 7.07. The molecule has 0 radical (unpaired) electrons. The van der Waals surface area contributed by atoms with Gasteiger partial charge < -0.3 is 21.5 Å². The fraction of sp³-hybridized carbons (Fsp3) is 0.370. The van der Waals surface area contributed by atoms with Crippen molar-refractivity contribution in [1.29, 1.82) is 0 Å². The summed E-state index contributed by atoms with van der Waals surface area (Å²) in [4.78, 5) is 22.0. The first-order chi connectivity index (χ1) is 17.4. The largest absolute Gasteiger partial charge is 0.393 e. The second-order valence-electron chi connectivity index (χ2n) is 9.12. The van der Waals surface area contributed by atoms with E-state index >= 15 is 4.39 Å². The van der Waals surface area contributed by atoms with Crippen LogP contribution in [0.25, 0.3) is 11.3 Å². The lowest BCUT2D eigenvalue weighted by atomic mass is 9.85. The third-order valence-electron chi connectivity index (χ3n) is 6.58. The van der Waals surface area contributed by atoms with Crippen LogP contribution in [-0.4, -0.2) is 40.2 Å². The Kier molecular flexibility index (Phi) is 8.66. The van der Waals surface area contributed by atoms with Crippen LogP contribution in [0, 0.1) is 5.82 Å². The quantitative estimate of drug-likeness (QED) is 0.319. The van der Waals surface area contributed by atoms with Crippen molar-refractivity contribution >= 4 is 27.7 Å². The van der Waals surface area contributed by atoms with Gasteiger partial charge in [-0.25, -0.2) is 14.4 Å². The average molecular weight is 556 g/mol. The van der Waals surface area contributed by atoms with E-state index in [1.807, 2.05) is 31.2 Å². The molecule has 0 bridgehead atoms. The number of carbonyl (C=O) groups is 1. The van der Waals surface area contributed by atoms with Crippen molar-refractivity contribution in [2.75, 3.05) is 18.8 Å². The molecule has 1 saturated carbocycles. The van der Waals surface area contributed by atoms with Crippen molar-refractivity contribution < 1.29 is 14.3 Å². The van der Waals surface area contributed by atoms with Gasteiger partial charge in [-0.2, -0.15) is 0 Å². The second-order valence-corrected chi connectivity index (χ2v) is 10.0. The van der Waals surface area contributed by atoms with Crippen LogP contribution in [0.15, 0.2) is 53.1 Å². The van der Waals surface area contributed by atoms with Gasteiger partial charge in [-0.05, 0) is 62.1 Å². The molecule has 2 aromatic carbocycles. The zero-order valence-electron chi connectivity index (χ0n) is 20.2. The molecule has 9 heteroatoms. The first-order valence-corrected chi connectivity index (χ1v) is 13.0. The second kappa shape index (κ2) is 11.9. The van der Waals surface area contributed by atoms with E-state index in [2.05, 4.69) is 36.5 Å². The van der Waals surface area contributed by atoms with Gasteiger partial charge in [0.2, 0.25) is 0 Å². The standard InChI is InChI=1S/C27H31BrFN5O2/c1-2-31-14-23(17-4-3-5-19(28)12-17)34-27(36)21-11-8-18(13-22(21)29)25-26(30)32-15-24(33-25)16-6-9-20(35)10-7-16/h3-5,8,11-13,15-16,20,23,31,35H,2,6-7,9-10,14H2,1H3,(H2,30,32)(H,34,36)/t16-,20-,23-/m1/s1. The minimum absolute atomic E-state index is 0.0563. The van der Waals surface area contributed by atoms with Gasteiger partial charge in [0, 0.05) is 22.5 Å². The summed E-state index contributed by atoms with van der Waals surface area (Å²) in [7, 11) is 0. The van der Waals surface area contributed by atoms with Gasteiger partial charge in [-0.15, -0.1) is 0 Å². The highest BCUT2D eigenvalue weighted by atomic mass is 79.9. The molecule has 0 aliphatic heterocycles. The maximum Gasteiger partial charge on any atom is 0.254 e. The van der Waals surface area contributed by atoms with E-state index in [1.54, 1.807) is 12.3 Å². The van der Waals surface area contributed by atoms with Gasteiger partial charge in [-0.1, -0.05) is 41.1 Å². The van der Waals surface area contributed by atoms with Crippen molar-refractivity contribution in [3.05, 3.63) is 75.8 Å². The number of aromatic nitrogens is 2. The Labute approximate surface area is 218 Å². The number of carbonyl (C=O) groups excluding carboxylic acids is 1. The van der Waals surface area contributed by atoms with Crippen molar-refractivity contribution in [3.63, 3.8) is 0 Å². The van der Waals surface area contributed by atoms with Crippen LogP contribution in [0.2, 0.25) is 0 Å². The first-order valence-electron chi connectivity index (χ1n) is 12.2. The summed E-state index contributed by atoms with van der Waals surface area (Å²) in [6.07, 6.45) is 4.47. The molecule has 1 aliphatic carbocycles. The number of aliphatic hydroxyl groups excluding tert-OH is 1. The van der Waals surface area contributed by atoms with E-state index in [0.717, 1.165) is 48.0 Å². The maximum absolute atomic E-state index is 15.2. The molecule has 36 heavy (non-hydrogen) atoms. The number of benzene rings is 2. The monoisotopic (exact) mass is 555 g/mol. The highest BCUT2D eigenvalue weighted by Gasteiger charge is 2.24. The molecule has 1 amide bonds. The number of hydrogen-bond donors (Lipinski definition) is 4. The normalized spacial score (nSPS) is 18.6. The molecular formula is C27H31BrFN5O2. The number of nitrogens with zero attached hydrogens (tertiary/aromatic N) is 2. The molecule has 0 spiro atoms. The lowest BCUT2D eigenvalue weighted by Gasteiger charge is -2.25. The van der Waals surface area contributed by atoms with Gasteiger partial charge in [0.05, 0.1) is 29.6 Å². The molecule has 1 heterocycles. The summed E-state index contributed by atoms with van der Waals surface area (Å²) in [5.74, 6) is -0.780. The number of nitrogens with one attached hydrogen (secondary N) is 2. The van der Waals surface area contributed by atoms with E-state index in [4.69, 9.17) is 5.73 Å². The zero-order valence-corrected chi connectivity index (χ0v) is 21.8. The molecule has 190 valence electrons. The van der Waals surface area contributed by atoms with E-state index in [-0.39, 0.29) is 29.4 Å². The Bertz CT molecular complexity index is 1220. The fourth-order valence-corrected chi connectivity index (χ4v) is 4.96. The summed E-state index contributed by atoms with van der Waals surface area (Å²) in [5, 5.41) is 16.0. The number of hydrogen-bond acceptors (Lipinski definition) is 6. The van der Waals surface area contributed by atoms with Gasteiger partial charge in [0.15, 0.2) is 0 Å². The topological polar surface area (TPSA) is 113 Å². The van der Waals surface area contributed by atoms with Crippen molar-refractivity contribution in [2.45, 2.75) is 50.7 Å². The number of rotatable bonds is 8. The molecule has 7 nitrogen and oxygen atoms in total. The molecule has 4 rings (SSSR count). The molecule has 1 fully saturated rings. The maximum atomic E-state index is 15.2. The summed E-state index contributed by atoms with van der Waals surface area (Å²) < 4.78 is 16.1. The number of aliphatic hydroxyl groups is 1. The van der Waals surface area contributed by atoms with Gasteiger partial charge >= 0.3 is 0 Å². The average Bonchev–Trinajstić information content (AvgIpc) is 2.87. The highest BCUT2D eigenvalue weighted by molar-refractivity contribution is 9.10. The van der Waals surface area contributed by atoms with Crippen molar-refractivity contribution in [2.24, 2.45) is 0 Å². The van der Waals surface area contributed by atoms with Crippen LogP contribution in [0.3, 0.4) is 0 Å². The molecule has 3 aromatic rings. The summed E-state index contributed by atoms with van der Waals surface area (Å²) in [6.45, 7) is 3.24. The molecular weight excluding hydrogens is 525 g/mol. The lowest BCUT2D eigenvalue weighted by molar-refractivity contribution is 0.0932. The fourth-order valence-electron chi connectivity index (χ4n) is 4.54. The number of likely N-dealkylation sites (N-methyl/N-ethyl adjacent to an activating group) is 1. The van der Waals surface area contributed by atoms with Crippen LogP contribution < -0.4 is 16.4 Å². The van der Waals surface area contributed by atoms with E-state index in [1.165, 1.54) is 12.1 Å². The van der Waals surface area contributed by atoms with Crippen molar-refractivity contribution in [3.8, 4) is 11.3 Å². The van der Waals surface area contributed by atoms with Gasteiger partial charge in [-0.3, -0.25) is 4.79 Å². The van der Waals surface area contributed by atoms with Crippen LogP contribution in [-0.2, 0) is 0 Å². The van der Waals surface area contributed by atoms with Crippen LogP contribution >= 0.6 is 15.9 Å². The highest BCUT2D eigenvalue weighted by Crippen LogP contribution is 2.34. The number of anilines is 1. The number of nitrogen functional groups attached to an aromatic ring is 1. The smallest absolute Gasteiger partial charge is 0.254 e. The lowest BCUT2D eigenvalue weighted by Crippen LogP contribution is -2.36. The van der Waals surface area contributed by atoms with Crippen LogP contribution in [0.4, 0.5) is 10.2 Å². The number of nitrogens with two attached hydrogens (primary N) is 1. The Morgan fingerprint density at radius 1 is 1.22 bits per heavy atom. The Hall–Kier alpha value is -2.88. The third kappa shape index (κ3) is 6.27. The summed E-state index contributed by atoms with van der Waals surface area (Å²) >= 11 is 3.46. The first kappa shape index (κ1) is 26.2.